The van der Waals surface area contributed by atoms with Crippen LogP contribution < -0.4 is 4.90 Å². The molecule has 0 fully saturated rings. The van der Waals surface area contributed by atoms with Crippen LogP contribution in [-0.4, -0.2) is 10.9 Å². The number of aromatic nitrogens is 1. The number of nitrogens with zero attached hydrogens (tertiary/aromatic N) is 2. The number of amides is 1. The summed E-state index contributed by atoms with van der Waals surface area (Å²) in [5.74, 6) is -0.592. The Morgan fingerprint density at radius 3 is 2.33 bits per heavy atom. The molecule has 0 aliphatic heterocycles. The molecule has 0 radical (unpaired) electrons. The topological polar surface area (TPSA) is 33.2 Å². The SMILES string of the molecule is CC(C)(C)C(=O)N(Cc1csc(-c2cccc(C(F)(F)F)c2)n1)c1ccc(F)cc1. The molecule has 8 heteroatoms. The van der Waals surface area contributed by atoms with Gasteiger partial charge >= 0.3 is 6.18 Å². The summed E-state index contributed by atoms with van der Waals surface area (Å²) in [4.78, 5) is 18.9. The van der Waals surface area contributed by atoms with Gasteiger partial charge in [0.1, 0.15) is 10.8 Å². The molecule has 1 heterocycles. The van der Waals surface area contributed by atoms with E-state index in [1.165, 1.54) is 46.6 Å². The Morgan fingerprint density at radius 2 is 1.73 bits per heavy atom. The molecular weight excluding hydrogens is 416 g/mol. The van der Waals surface area contributed by atoms with Crippen molar-refractivity contribution in [1.29, 1.82) is 0 Å². The van der Waals surface area contributed by atoms with Crippen molar-refractivity contribution >= 4 is 22.9 Å². The van der Waals surface area contributed by atoms with Crippen LogP contribution in [0.4, 0.5) is 23.2 Å². The molecule has 0 atom stereocenters. The lowest BCUT2D eigenvalue weighted by Crippen LogP contribution is -2.39. The normalized spacial score (nSPS) is 12.1. The number of alkyl halides is 3. The monoisotopic (exact) mass is 436 g/mol. The third-order valence-corrected chi connectivity index (χ3v) is 5.27. The second kappa shape index (κ2) is 8.18. The van der Waals surface area contributed by atoms with Gasteiger partial charge in [0.2, 0.25) is 5.91 Å². The van der Waals surface area contributed by atoms with Gasteiger partial charge in [-0.05, 0) is 36.4 Å². The molecule has 0 bridgehead atoms. The van der Waals surface area contributed by atoms with Crippen LogP contribution in [0.3, 0.4) is 0 Å². The Kier molecular flexibility index (Phi) is 5.99. The largest absolute Gasteiger partial charge is 0.416 e. The molecule has 0 aliphatic rings. The molecule has 0 aliphatic carbocycles. The second-order valence-electron chi connectivity index (χ2n) is 7.84. The number of thiazole rings is 1. The lowest BCUT2D eigenvalue weighted by atomic mass is 9.94. The summed E-state index contributed by atoms with van der Waals surface area (Å²) in [6.07, 6.45) is -4.44. The molecule has 0 saturated heterocycles. The molecule has 2 aromatic carbocycles. The number of hydrogen-bond acceptors (Lipinski definition) is 3. The molecule has 3 rings (SSSR count). The van der Waals surface area contributed by atoms with Gasteiger partial charge in [-0.3, -0.25) is 4.79 Å². The van der Waals surface area contributed by atoms with E-state index in [-0.39, 0.29) is 12.5 Å². The van der Waals surface area contributed by atoms with E-state index in [9.17, 15) is 22.4 Å². The number of carbonyl (C=O) groups excluding carboxylic acids is 1. The first kappa shape index (κ1) is 22.0. The minimum atomic E-state index is -4.44. The Balaban J connectivity index is 1.91. The van der Waals surface area contributed by atoms with E-state index >= 15 is 0 Å². The molecule has 158 valence electrons. The first-order valence-corrected chi connectivity index (χ1v) is 10.0. The number of halogens is 4. The van der Waals surface area contributed by atoms with Crippen LogP contribution in [0.25, 0.3) is 10.6 Å². The summed E-state index contributed by atoms with van der Waals surface area (Å²) in [6.45, 7) is 5.46. The molecule has 1 amide bonds. The lowest BCUT2D eigenvalue weighted by molar-refractivity contribution is -0.137. The quantitative estimate of drug-likeness (QED) is 0.435. The van der Waals surface area contributed by atoms with E-state index in [4.69, 9.17) is 0 Å². The van der Waals surface area contributed by atoms with E-state index in [0.717, 1.165) is 12.1 Å². The van der Waals surface area contributed by atoms with Crippen molar-refractivity contribution in [3.63, 3.8) is 0 Å². The van der Waals surface area contributed by atoms with Crippen molar-refractivity contribution in [1.82, 2.24) is 4.98 Å². The van der Waals surface area contributed by atoms with Crippen LogP contribution >= 0.6 is 11.3 Å². The van der Waals surface area contributed by atoms with Crippen molar-refractivity contribution in [3.05, 3.63) is 71.0 Å². The highest BCUT2D eigenvalue weighted by molar-refractivity contribution is 7.13. The average Bonchev–Trinajstić information content (AvgIpc) is 3.14. The predicted molar refractivity (Wildman–Crippen MR) is 110 cm³/mol. The zero-order valence-electron chi connectivity index (χ0n) is 16.6. The molecule has 0 N–H and O–H groups in total. The molecule has 3 nitrogen and oxygen atoms in total. The van der Waals surface area contributed by atoms with Crippen LogP contribution in [0, 0.1) is 11.2 Å². The van der Waals surface area contributed by atoms with Gasteiger partial charge in [0.05, 0.1) is 17.8 Å². The van der Waals surface area contributed by atoms with Crippen LogP contribution in [0.5, 0.6) is 0 Å². The van der Waals surface area contributed by atoms with Crippen molar-refractivity contribution < 1.29 is 22.4 Å². The maximum atomic E-state index is 13.3. The maximum absolute atomic E-state index is 13.3. The Labute approximate surface area is 176 Å². The summed E-state index contributed by atoms with van der Waals surface area (Å²) < 4.78 is 52.3. The molecule has 0 spiro atoms. The summed E-state index contributed by atoms with van der Waals surface area (Å²) in [5.41, 5.74) is -0.0164. The van der Waals surface area contributed by atoms with Gasteiger partial charge in [-0.25, -0.2) is 9.37 Å². The Hall–Kier alpha value is -2.74. The zero-order chi connectivity index (χ0) is 22.1. The highest BCUT2D eigenvalue weighted by Crippen LogP contribution is 2.33. The first-order chi connectivity index (χ1) is 13.9. The van der Waals surface area contributed by atoms with E-state index in [1.807, 2.05) is 0 Å². The van der Waals surface area contributed by atoms with Crippen LogP contribution in [0.1, 0.15) is 32.0 Å². The highest BCUT2D eigenvalue weighted by atomic mass is 32.1. The molecular formula is C22H20F4N2OS. The van der Waals surface area contributed by atoms with Crippen molar-refractivity contribution in [3.8, 4) is 10.6 Å². The standard InChI is InChI=1S/C22H20F4N2OS/c1-21(2,3)20(29)28(18-9-7-16(23)8-10-18)12-17-13-30-19(27-17)14-5-4-6-15(11-14)22(24,25)26/h4-11,13H,12H2,1-3H3. The fourth-order valence-electron chi connectivity index (χ4n) is 2.81. The number of rotatable bonds is 4. The Morgan fingerprint density at radius 1 is 1.07 bits per heavy atom. The number of anilines is 1. The van der Waals surface area contributed by atoms with Crippen LogP contribution in [0.2, 0.25) is 0 Å². The summed E-state index contributed by atoms with van der Waals surface area (Å²) in [5, 5.41) is 2.14. The van der Waals surface area contributed by atoms with E-state index in [1.54, 1.807) is 32.2 Å². The van der Waals surface area contributed by atoms with Gasteiger partial charge in [0.15, 0.2) is 0 Å². The van der Waals surface area contributed by atoms with Crippen molar-refractivity contribution in [2.45, 2.75) is 33.5 Å². The fraction of sp³-hybridized carbons (Fsp3) is 0.273. The fourth-order valence-corrected chi connectivity index (χ4v) is 3.62. The van der Waals surface area contributed by atoms with Crippen molar-refractivity contribution in [2.75, 3.05) is 4.90 Å². The predicted octanol–water partition coefficient (Wildman–Crippen LogP) is 6.55. The second-order valence-corrected chi connectivity index (χ2v) is 8.70. The van der Waals surface area contributed by atoms with Gasteiger partial charge in [0.25, 0.3) is 0 Å². The van der Waals surface area contributed by atoms with E-state index < -0.39 is 23.0 Å². The van der Waals surface area contributed by atoms with E-state index in [0.29, 0.717) is 22.0 Å². The van der Waals surface area contributed by atoms with Gasteiger partial charge in [-0.1, -0.05) is 32.9 Å². The van der Waals surface area contributed by atoms with Crippen molar-refractivity contribution in [2.24, 2.45) is 5.41 Å². The Bertz CT molecular complexity index is 1040. The maximum Gasteiger partial charge on any atom is 0.416 e. The lowest BCUT2D eigenvalue weighted by Gasteiger charge is -2.29. The van der Waals surface area contributed by atoms with Gasteiger partial charge < -0.3 is 4.90 Å². The van der Waals surface area contributed by atoms with E-state index in [2.05, 4.69) is 4.98 Å². The minimum Gasteiger partial charge on any atom is -0.306 e. The average molecular weight is 436 g/mol. The zero-order valence-corrected chi connectivity index (χ0v) is 17.4. The number of benzene rings is 2. The summed E-state index contributed by atoms with van der Waals surface area (Å²) >= 11 is 1.20. The third kappa shape index (κ3) is 5.05. The number of carbonyl (C=O) groups is 1. The first-order valence-electron chi connectivity index (χ1n) is 9.15. The van der Waals surface area contributed by atoms with Gasteiger partial charge in [-0.2, -0.15) is 13.2 Å². The molecule has 30 heavy (non-hydrogen) atoms. The van der Waals surface area contributed by atoms with Gasteiger partial charge in [-0.15, -0.1) is 11.3 Å². The minimum absolute atomic E-state index is 0.122. The molecule has 0 saturated carbocycles. The smallest absolute Gasteiger partial charge is 0.306 e. The summed E-state index contributed by atoms with van der Waals surface area (Å²) in [7, 11) is 0. The third-order valence-electron chi connectivity index (χ3n) is 4.33. The van der Waals surface area contributed by atoms with Crippen LogP contribution in [-0.2, 0) is 17.5 Å². The highest BCUT2D eigenvalue weighted by Gasteiger charge is 2.31. The molecule has 3 aromatic rings. The number of hydrogen-bond donors (Lipinski definition) is 0. The van der Waals surface area contributed by atoms with Gasteiger partial charge in [0, 0.05) is 22.0 Å². The summed E-state index contributed by atoms with van der Waals surface area (Å²) in [6, 6.07) is 10.5. The molecule has 1 aromatic heterocycles. The van der Waals surface area contributed by atoms with Crippen LogP contribution in [0.15, 0.2) is 53.9 Å². The molecule has 0 unspecified atom stereocenters.